The van der Waals surface area contributed by atoms with Crippen molar-refractivity contribution in [2.45, 2.75) is 6.92 Å². The standard InChI is InChI=1S/C17H15FN4O2/c1-11-19-16(21-22(11)14-7-3-12(18)4-8-14)17(23)20-13-5-9-15(24-2)10-6-13/h3-10H,1-2H3,(H,20,23). The molecule has 0 radical (unpaired) electrons. The Morgan fingerprint density at radius 3 is 2.42 bits per heavy atom. The summed E-state index contributed by atoms with van der Waals surface area (Å²) in [5, 5.41) is 6.90. The summed E-state index contributed by atoms with van der Waals surface area (Å²) in [5.41, 5.74) is 1.24. The third kappa shape index (κ3) is 3.24. The fourth-order valence-corrected chi connectivity index (χ4v) is 2.17. The monoisotopic (exact) mass is 326 g/mol. The first-order chi connectivity index (χ1) is 11.6. The largest absolute Gasteiger partial charge is 0.497 e. The highest BCUT2D eigenvalue weighted by Crippen LogP contribution is 2.16. The maximum absolute atomic E-state index is 13.0. The fraction of sp³-hybridized carbons (Fsp3) is 0.118. The fourth-order valence-electron chi connectivity index (χ4n) is 2.17. The Morgan fingerprint density at radius 1 is 1.12 bits per heavy atom. The molecule has 2 aromatic carbocycles. The summed E-state index contributed by atoms with van der Waals surface area (Å²) in [6.07, 6.45) is 0. The molecule has 1 N–H and O–H groups in total. The SMILES string of the molecule is COc1ccc(NC(=O)c2nc(C)n(-c3ccc(F)cc3)n2)cc1. The lowest BCUT2D eigenvalue weighted by Crippen LogP contribution is -2.14. The maximum atomic E-state index is 13.0. The van der Waals surface area contributed by atoms with Crippen molar-refractivity contribution in [3.8, 4) is 11.4 Å². The number of hydrogen-bond donors (Lipinski definition) is 1. The summed E-state index contributed by atoms with van der Waals surface area (Å²) in [6.45, 7) is 1.72. The first-order valence-corrected chi connectivity index (χ1v) is 7.22. The highest BCUT2D eigenvalue weighted by atomic mass is 19.1. The predicted octanol–water partition coefficient (Wildman–Crippen LogP) is 2.98. The van der Waals surface area contributed by atoms with Crippen LogP contribution in [0.2, 0.25) is 0 Å². The number of nitrogens with one attached hydrogen (secondary N) is 1. The van der Waals surface area contributed by atoms with Crippen LogP contribution in [0.25, 0.3) is 5.69 Å². The van der Waals surface area contributed by atoms with Crippen LogP contribution < -0.4 is 10.1 Å². The average Bonchev–Trinajstić information content (AvgIpc) is 2.98. The summed E-state index contributed by atoms with van der Waals surface area (Å²) < 4.78 is 19.6. The molecule has 0 atom stereocenters. The molecule has 1 amide bonds. The number of nitrogens with zero attached hydrogens (tertiary/aromatic N) is 3. The van der Waals surface area contributed by atoms with Crippen molar-refractivity contribution in [2.24, 2.45) is 0 Å². The minimum Gasteiger partial charge on any atom is -0.497 e. The maximum Gasteiger partial charge on any atom is 0.295 e. The second-order valence-corrected chi connectivity index (χ2v) is 5.05. The number of amides is 1. The van der Waals surface area contributed by atoms with Gasteiger partial charge in [-0.05, 0) is 55.5 Å². The summed E-state index contributed by atoms with van der Waals surface area (Å²) in [4.78, 5) is 16.4. The summed E-state index contributed by atoms with van der Waals surface area (Å²) >= 11 is 0. The van der Waals surface area contributed by atoms with Gasteiger partial charge in [0.25, 0.3) is 5.91 Å². The quantitative estimate of drug-likeness (QED) is 0.800. The van der Waals surface area contributed by atoms with Gasteiger partial charge in [-0.25, -0.2) is 14.1 Å². The molecule has 0 saturated heterocycles. The lowest BCUT2D eigenvalue weighted by molar-refractivity contribution is 0.101. The number of rotatable bonds is 4. The van der Waals surface area contributed by atoms with Crippen LogP contribution in [0.15, 0.2) is 48.5 Å². The zero-order valence-electron chi connectivity index (χ0n) is 13.2. The molecule has 0 unspecified atom stereocenters. The molecule has 6 nitrogen and oxygen atoms in total. The van der Waals surface area contributed by atoms with E-state index in [-0.39, 0.29) is 11.6 Å². The van der Waals surface area contributed by atoms with Gasteiger partial charge < -0.3 is 10.1 Å². The highest BCUT2D eigenvalue weighted by molar-refractivity contribution is 6.01. The molecule has 3 aromatic rings. The van der Waals surface area contributed by atoms with E-state index < -0.39 is 5.91 Å². The molecule has 24 heavy (non-hydrogen) atoms. The molecule has 0 bridgehead atoms. The first-order valence-electron chi connectivity index (χ1n) is 7.22. The third-order valence-corrected chi connectivity index (χ3v) is 3.39. The first kappa shape index (κ1) is 15.7. The molecule has 1 aromatic heterocycles. The molecule has 0 aliphatic carbocycles. The summed E-state index contributed by atoms with van der Waals surface area (Å²) in [7, 11) is 1.57. The second-order valence-electron chi connectivity index (χ2n) is 5.05. The van der Waals surface area contributed by atoms with Gasteiger partial charge in [-0.2, -0.15) is 0 Å². The van der Waals surface area contributed by atoms with E-state index in [9.17, 15) is 9.18 Å². The van der Waals surface area contributed by atoms with Crippen LogP contribution in [0.1, 0.15) is 16.4 Å². The number of anilines is 1. The van der Waals surface area contributed by atoms with Gasteiger partial charge in [-0.1, -0.05) is 0 Å². The number of ether oxygens (including phenoxy) is 1. The van der Waals surface area contributed by atoms with Crippen molar-refractivity contribution in [3.63, 3.8) is 0 Å². The molecular weight excluding hydrogens is 311 g/mol. The number of halogens is 1. The van der Waals surface area contributed by atoms with Crippen molar-refractivity contribution in [1.29, 1.82) is 0 Å². The molecule has 0 fully saturated rings. The molecule has 7 heteroatoms. The number of aryl methyl sites for hydroxylation is 1. The van der Waals surface area contributed by atoms with Gasteiger partial charge in [0.05, 0.1) is 12.8 Å². The second kappa shape index (κ2) is 6.49. The van der Waals surface area contributed by atoms with Crippen molar-refractivity contribution in [2.75, 3.05) is 12.4 Å². The zero-order valence-corrected chi connectivity index (χ0v) is 13.2. The van der Waals surface area contributed by atoms with Crippen molar-refractivity contribution < 1.29 is 13.9 Å². The van der Waals surface area contributed by atoms with Crippen LogP contribution in [0.5, 0.6) is 5.75 Å². The number of carbonyl (C=O) groups excluding carboxylic acids is 1. The molecular formula is C17H15FN4O2. The van der Waals surface area contributed by atoms with E-state index in [0.29, 0.717) is 22.9 Å². The third-order valence-electron chi connectivity index (χ3n) is 3.39. The highest BCUT2D eigenvalue weighted by Gasteiger charge is 2.15. The number of methoxy groups -OCH3 is 1. The molecule has 0 aliphatic rings. The van der Waals surface area contributed by atoms with Crippen molar-refractivity contribution >= 4 is 11.6 Å². The van der Waals surface area contributed by atoms with Crippen LogP contribution in [0.4, 0.5) is 10.1 Å². The van der Waals surface area contributed by atoms with E-state index in [1.165, 1.54) is 16.8 Å². The Morgan fingerprint density at radius 2 is 1.79 bits per heavy atom. The smallest absolute Gasteiger partial charge is 0.295 e. The van der Waals surface area contributed by atoms with Crippen LogP contribution in [-0.4, -0.2) is 27.8 Å². The molecule has 0 spiro atoms. The predicted molar refractivity (Wildman–Crippen MR) is 87.0 cm³/mol. The Labute approximate surface area is 137 Å². The number of carbonyl (C=O) groups is 1. The van der Waals surface area contributed by atoms with Crippen LogP contribution >= 0.6 is 0 Å². The van der Waals surface area contributed by atoms with E-state index in [2.05, 4.69) is 15.4 Å². The van der Waals surface area contributed by atoms with Crippen LogP contribution in [0.3, 0.4) is 0 Å². The normalized spacial score (nSPS) is 10.5. The van der Waals surface area contributed by atoms with E-state index in [4.69, 9.17) is 4.74 Å². The van der Waals surface area contributed by atoms with E-state index in [1.807, 2.05) is 0 Å². The lowest BCUT2D eigenvalue weighted by Gasteiger charge is -2.04. The van der Waals surface area contributed by atoms with Crippen molar-refractivity contribution in [1.82, 2.24) is 14.8 Å². The molecule has 1 heterocycles. The molecule has 0 saturated carbocycles. The van der Waals surface area contributed by atoms with Crippen LogP contribution in [0, 0.1) is 12.7 Å². The Kier molecular flexibility index (Phi) is 4.24. The topological polar surface area (TPSA) is 69.0 Å². The molecule has 0 aliphatic heterocycles. The number of hydrogen-bond acceptors (Lipinski definition) is 4. The Balaban J connectivity index is 1.80. The van der Waals surface area contributed by atoms with Gasteiger partial charge in [-0.15, -0.1) is 5.10 Å². The van der Waals surface area contributed by atoms with Gasteiger partial charge in [0.15, 0.2) is 0 Å². The van der Waals surface area contributed by atoms with Gasteiger partial charge in [-0.3, -0.25) is 4.79 Å². The van der Waals surface area contributed by atoms with Gasteiger partial charge in [0, 0.05) is 5.69 Å². The minimum atomic E-state index is -0.427. The van der Waals surface area contributed by atoms with Gasteiger partial charge in [0.2, 0.25) is 5.82 Å². The Bertz CT molecular complexity index is 857. The summed E-state index contributed by atoms with van der Waals surface area (Å²) in [6, 6.07) is 12.7. The van der Waals surface area contributed by atoms with E-state index in [0.717, 1.165) is 0 Å². The molecule has 122 valence electrons. The van der Waals surface area contributed by atoms with E-state index in [1.54, 1.807) is 50.4 Å². The number of benzene rings is 2. The number of aromatic nitrogens is 3. The van der Waals surface area contributed by atoms with Gasteiger partial charge in [0.1, 0.15) is 17.4 Å². The Hall–Kier alpha value is -3.22. The zero-order chi connectivity index (χ0) is 17.1. The van der Waals surface area contributed by atoms with Crippen molar-refractivity contribution in [3.05, 3.63) is 66.0 Å². The average molecular weight is 326 g/mol. The van der Waals surface area contributed by atoms with Crippen LogP contribution in [-0.2, 0) is 0 Å². The van der Waals surface area contributed by atoms with Gasteiger partial charge >= 0.3 is 0 Å². The van der Waals surface area contributed by atoms with E-state index >= 15 is 0 Å². The molecule has 3 rings (SSSR count). The lowest BCUT2D eigenvalue weighted by atomic mass is 10.3. The minimum absolute atomic E-state index is 0.0349. The summed E-state index contributed by atoms with van der Waals surface area (Å²) in [5.74, 6) is 0.495.